The van der Waals surface area contributed by atoms with Gasteiger partial charge in [-0.15, -0.1) is 35.3 Å². The number of rotatable bonds is 9. The lowest BCUT2D eigenvalue weighted by Gasteiger charge is -2.17. The highest BCUT2D eigenvalue weighted by Gasteiger charge is 2.15. The largest absolute Gasteiger partial charge is 0.356 e. The summed E-state index contributed by atoms with van der Waals surface area (Å²) in [4.78, 5) is 5.60. The van der Waals surface area contributed by atoms with Crippen LogP contribution in [0.25, 0.3) is 0 Å². The summed E-state index contributed by atoms with van der Waals surface area (Å²) in [5.74, 6) is 1.05. The van der Waals surface area contributed by atoms with Crippen LogP contribution < -0.4 is 15.4 Å². The predicted molar refractivity (Wildman–Crippen MR) is 134 cm³/mol. The lowest BCUT2D eigenvalue weighted by Crippen LogP contribution is -2.38. The zero-order chi connectivity index (χ0) is 20.6. The zero-order valence-electron chi connectivity index (χ0n) is 17.3. The molecule has 1 heterocycles. The standard InChI is InChI=1S/C20H30N4O2S2.HI/c1-15(2)24-28(25,26)14-18-9-6-5-8-17(18)13-23-20(21-4)22-12-16(3)19-10-7-11-27-19;/h5-11,15-16,24H,12-14H2,1-4H3,(H2,21,22,23);1H. The van der Waals surface area contributed by atoms with E-state index in [0.29, 0.717) is 18.4 Å². The van der Waals surface area contributed by atoms with Gasteiger partial charge < -0.3 is 10.6 Å². The van der Waals surface area contributed by atoms with Gasteiger partial charge in [-0.1, -0.05) is 37.3 Å². The van der Waals surface area contributed by atoms with Gasteiger partial charge in [0.25, 0.3) is 0 Å². The van der Waals surface area contributed by atoms with Gasteiger partial charge in [0.15, 0.2) is 5.96 Å². The fraction of sp³-hybridized carbons (Fsp3) is 0.450. The van der Waals surface area contributed by atoms with E-state index < -0.39 is 10.0 Å². The number of thiophene rings is 1. The highest BCUT2D eigenvalue weighted by Crippen LogP contribution is 2.19. The monoisotopic (exact) mass is 550 g/mol. The van der Waals surface area contributed by atoms with Gasteiger partial charge in [0.2, 0.25) is 10.0 Å². The smallest absolute Gasteiger partial charge is 0.216 e. The molecule has 1 atom stereocenters. The molecule has 0 radical (unpaired) electrons. The van der Waals surface area contributed by atoms with E-state index in [1.165, 1.54) is 4.88 Å². The first-order valence-electron chi connectivity index (χ1n) is 9.35. The second kappa shape index (κ2) is 12.5. The van der Waals surface area contributed by atoms with E-state index in [4.69, 9.17) is 0 Å². The summed E-state index contributed by atoms with van der Waals surface area (Å²) in [6.45, 7) is 7.08. The number of halogens is 1. The van der Waals surface area contributed by atoms with Crippen LogP contribution in [-0.4, -0.2) is 34.0 Å². The lowest BCUT2D eigenvalue weighted by atomic mass is 10.1. The van der Waals surface area contributed by atoms with Crippen LogP contribution in [0.5, 0.6) is 0 Å². The van der Waals surface area contributed by atoms with Gasteiger partial charge in [-0.2, -0.15) is 0 Å². The van der Waals surface area contributed by atoms with Crippen LogP contribution in [0.1, 0.15) is 42.7 Å². The van der Waals surface area contributed by atoms with E-state index >= 15 is 0 Å². The summed E-state index contributed by atoms with van der Waals surface area (Å²) in [7, 11) is -1.64. The zero-order valence-corrected chi connectivity index (χ0v) is 21.3. The summed E-state index contributed by atoms with van der Waals surface area (Å²) in [6, 6.07) is 11.6. The van der Waals surface area contributed by atoms with Gasteiger partial charge in [0, 0.05) is 37.0 Å². The molecule has 0 saturated heterocycles. The van der Waals surface area contributed by atoms with E-state index in [0.717, 1.165) is 17.7 Å². The molecule has 2 aromatic rings. The van der Waals surface area contributed by atoms with Crippen LogP contribution in [-0.2, 0) is 22.3 Å². The summed E-state index contributed by atoms with van der Waals surface area (Å²) in [6.07, 6.45) is 0. The van der Waals surface area contributed by atoms with E-state index in [1.54, 1.807) is 18.4 Å². The highest BCUT2D eigenvalue weighted by atomic mass is 127. The number of hydrogen-bond donors (Lipinski definition) is 3. The Bertz CT molecular complexity index is 868. The van der Waals surface area contributed by atoms with Gasteiger partial charge in [-0.3, -0.25) is 4.99 Å². The molecule has 0 aliphatic heterocycles. The van der Waals surface area contributed by atoms with Gasteiger partial charge >= 0.3 is 0 Å². The maximum atomic E-state index is 12.3. The molecule has 1 unspecified atom stereocenters. The summed E-state index contributed by atoms with van der Waals surface area (Å²) < 4.78 is 27.2. The average molecular weight is 551 g/mol. The van der Waals surface area contributed by atoms with Crippen LogP contribution in [0.3, 0.4) is 0 Å². The van der Waals surface area contributed by atoms with Gasteiger partial charge in [0.05, 0.1) is 5.75 Å². The first-order chi connectivity index (χ1) is 13.3. The van der Waals surface area contributed by atoms with Crippen LogP contribution in [0.15, 0.2) is 46.8 Å². The molecule has 0 amide bonds. The Kier molecular flexibility index (Phi) is 11.2. The molecule has 1 aromatic carbocycles. The highest BCUT2D eigenvalue weighted by molar-refractivity contribution is 14.0. The van der Waals surface area contributed by atoms with Crippen molar-refractivity contribution in [3.05, 3.63) is 57.8 Å². The molecule has 0 aliphatic carbocycles. The molecular formula is C20H31IN4O2S2. The Hall–Kier alpha value is -1.17. The molecular weight excluding hydrogens is 519 g/mol. The average Bonchev–Trinajstić information content (AvgIpc) is 3.16. The number of sulfonamides is 1. The maximum Gasteiger partial charge on any atom is 0.216 e. The molecule has 29 heavy (non-hydrogen) atoms. The first kappa shape index (κ1) is 25.9. The van der Waals surface area contributed by atoms with Crippen LogP contribution in [0.4, 0.5) is 0 Å². The Labute approximate surface area is 195 Å². The van der Waals surface area contributed by atoms with Crippen LogP contribution in [0, 0.1) is 0 Å². The molecule has 0 spiro atoms. The van der Waals surface area contributed by atoms with Crippen molar-refractivity contribution >= 4 is 51.3 Å². The SMILES string of the molecule is CN=C(NCc1ccccc1CS(=O)(=O)NC(C)C)NCC(C)c1cccs1.I. The Morgan fingerprint density at radius 3 is 2.34 bits per heavy atom. The first-order valence-corrected chi connectivity index (χ1v) is 11.9. The normalized spacial score (nSPS) is 13.1. The Balaban J connectivity index is 0.00000420. The lowest BCUT2D eigenvalue weighted by molar-refractivity contribution is 0.568. The van der Waals surface area contributed by atoms with E-state index in [-0.39, 0.29) is 35.8 Å². The number of benzene rings is 1. The van der Waals surface area contributed by atoms with Gasteiger partial charge in [-0.05, 0) is 36.4 Å². The molecule has 0 bridgehead atoms. The van der Waals surface area contributed by atoms with Crippen molar-refractivity contribution in [1.82, 2.24) is 15.4 Å². The third kappa shape index (κ3) is 9.02. The third-order valence-electron chi connectivity index (χ3n) is 4.15. The summed E-state index contributed by atoms with van der Waals surface area (Å²) in [5.41, 5.74) is 1.72. The number of nitrogens with one attached hydrogen (secondary N) is 3. The molecule has 0 fully saturated rings. The number of nitrogens with zero attached hydrogens (tertiary/aromatic N) is 1. The summed E-state index contributed by atoms with van der Waals surface area (Å²) in [5, 5.41) is 8.70. The van der Waals surface area contributed by atoms with Gasteiger partial charge in [-0.25, -0.2) is 13.1 Å². The van der Waals surface area contributed by atoms with Crippen molar-refractivity contribution in [2.75, 3.05) is 13.6 Å². The van der Waals surface area contributed by atoms with Crippen molar-refractivity contribution in [3.8, 4) is 0 Å². The van der Waals surface area contributed by atoms with E-state index in [9.17, 15) is 8.42 Å². The Morgan fingerprint density at radius 1 is 1.07 bits per heavy atom. The molecule has 9 heteroatoms. The van der Waals surface area contributed by atoms with Crippen molar-refractivity contribution in [2.24, 2.45) is 4.99 Å². The number of hydrogen-bond acceptors (Lipinski definition) is 4. The van der Waals surface area contributed by atoms with E-state index in [2.05, 4.69) is 44.8 Å². The van der Waals surface area contributed by atoms with Crippen LogP contribution >= 0.6 is 35.3 Å². The molecule has 2 rings (SSSR count). The molecule has 3 N–H and O–H groups in total. The quantitative estimate of drug-likeness (QED) is 0.253. The molecule has 1 aromatic heterocycles. The third-order valence-corrected chi connectivity index (χ3v) is 6.78. The van der Waals surface area contributed by atoms with Gasteiger partial charge in [0.1, 0.15) is 0 Å². The molecule has 162 valence electrons. The fourth-order valence-electron chi connectivity index (χ4n) is 2.80. The predicted octanol–water partition coefficient (Wildman–Crippen LogP) is 3.66. The number of aliphatic imine (C=N–C) groups is 1. The molecule has 0 saturated carbocycles. The Morgan fingerprint density at radius 2 is 1.76 bits per heavy atom. The van der Waals surface area contributed by atoms with Crippen molar-refractivity contribution in [1.29, 1.82) is 0 Å². The topological polar surface area (TPSA) is 82.6 Å². The van der Waals surface area contributed by atoms with Crippen molar-refractivity contribution in [2.45, 2.75) is 45.0 Å². The minimum absolute atomic E-state index is 0. The van der Waals surface area contributed by atoms with Crippen molar-refractivity contribution < 1.29 is 8.42 Å². The minimum Gasteiger partial charge on any atom is -0.356 e. The second-order valence-electron chi connectivity index (χ2n) is 7.02. The van der Waals surface area contributed by atoms with E-state index in [1.807, 2.05) is 38.1 Å². The summed E-state index contributed by atoms with van der Waals surface area (Å²) >= 11 is 1.75. The van der Waals surface area contributed by atoms with Crippen LogP contribution in [0.2, 0.25) is 0 Å². The fourth-order valence-corrected chi connectivity index (χ4v) is 5.08. The minimum atomic E-state index is -3.37. The maximum absolute atomic E-state index is 12.3. The van der Waals surface area contributed by atoms with Crippen molar-refractivity contribution in [3.63, 3.8) is 0 Å². The number of guanidine groups is 1. The molecule has 6 nitrogen and oxygen atoms in total. The second-order valence-corrected chi connectivity index (χ2v) is 9.76. The molecule has 0 aliphatic rings.